The highest BCUT2D eigenvalue weighted by Crippen LogP contribution is 2.34. The second kappa shape index (κ2) is 3.22. The number of rotatable bonds is 2. The monoisotopic (exact) mass is 240 g/mol. The number of nitrogen functional groups attached to an aromatic ring is 1. The van der Waals surface area contributed by atoms with Crippen LogP contribution < -0.4 is 11.1 Å². The molecule has 1 saturated carbocycles. The number of anilines is 2. The molecule has 2 atom stereocenters. The van der Waals surface area contributed by atoms with Gasteiger partial charge in [-0.05, 0) is 30.5 Å². The van der Waals surface area contributed by atoms with E-state index in [0.29, 0.717) is 6.04 Å². The summed E-state index contributed by atoms with van der Waals surface area (Å²) in [6.07, 6.45) is 1.26. The zero-order valence-electron chi connectivity index (χ0n) is 7.55. The summed E-state index contributed by atoms with van der Waals surface area (Å²) in [4.78, 5) is 0. The quantitative estimate of drug-likeness (QED) is 0.781. The highest BCUT2D eigenvalue weighted by Gasteiger charge is 2.32. The van der Waals surface area contributed by atoms with Gasteiger partial charge in [0.05, 0.1) is 11.4 Å². The third-order valence-electron chi connectivity index (χ3n) is 2.46. The molecule has 1 aliphatic rings. The van der Waals surface area contributed by atoms with Crippen LogP contribution in [0.5, 0.6) is 0 Å². The Labute approximate surface area is 86.6 Å². The molecule has 3 heteroatoms. The predicted molar refractivity (Wildman–Crippen MR) is 59.7 cm³/mol. The highest BCUT2D eigenvalue weighted by molar-refractivity contribution is 9.10. The highest BCUT2D eigenvalue weighted by atomic mass is 79.9. The standard InChI is InChI=1S/C10H13BrN2/c1-6-4-10(6)13-9-3-2-7(11)5-8(9)12/h2-3,5-6,10,13H,4,12H2,1H3. The van der Waals surface area contributed by atoms with Crippen LogP contribution in [0.1, 0.15) is 13.3 Å². The smallest absolute Gasteiger partial charge is 0.0576 e. The Morgan fingerprint density at radius 3 is 2.77 bits per heavy atom. The van der Waals surface area contributed by atoms with Crippen molar-refractivity contribution in [1.29, 1.82) is 0 Å². The van der Waals surface area contributed by atoms with Gasteiger partial charge in [-0.25, -0.2) is 0 Å². The number of benzene rings is 1. The van der Waals surface area contributed by atoms with Crippen LogP contribution in [-0.2, 0) is 0 Å². The summed E-state index contributed by atoms with van der Waals surface area (Å²) in [6, 6.07) is 6.58. The third kappa shape index (κ3) is 1.97. The van der Waals surface area contributed by atoms with E-state index in [-0.39, 0.29) is 0 Å². The van der Waals surface area contributed by atoms with Crippen LogP contribution in [-0.4, -0.2) is 6.04 Å². The molecule has 0 aliphatic heterocycles. The van der Waals surface area contributed by atoms with Crippen LogP contribution in [0.2, 0.25) is 0 Å². The molecule has 0 spiro atoms. The zero-order valence-corrected chi connectivity index (χ0v) is 9.14. The molecule has 1 aromatic carbocycles. The minimum Gasteiger partial charge on any atom is -0.397 e. The van der Waals surface area contributed by atoms with Crippen molar-refractivity contribution in [3.63, 3.8) is 0 Å². The first kappa shape index (κ1) is 8.88. The molecular formula is C10H13BrN2. The molecule has 13 heavy (non-hydrogen) atoms. The SMILES string of the molecule is CC1CC1Nc1ccc(Br)cc1N. The molecule has 2 rings (SSSR count). The molecule has 2 nitrogen and oxygen atoms in total. The fourth-order valence-corrected chi connectivity index (χ4v) is 1.77. The first-order valence-corrected chi connectivity index (χ1v) is 5.27. The molecular weight excluding hydrogens is 228 g/mol. The lowest BCUT2D eigenvalue weighted by atomic mass is 10.2. The van der Waals surface area contributed by atoms with Crippen LogP contribution in [0.3, 0.4) is 0 Å². The molecule has 0 bridgehead atoms. The van der Waals surface area contributed by atoms with Gasteiger partial charge in [0.15, 0.2) is 0 Å². The van der Waals surface area contributed by atoms with Gasteiger partial charge in [0.25, 0.3) is 0 Å². The maximum atomic E-state index is 5.85. The van der Waals surface area contributed by atoms with E-state index < -0.39 is 0 Å². The fourth-order valence-electron chi connectivity index (χ4n) is 1.39. The maximum absolute atomic E-state index is 5.85. The summed E-state index contributed by atoms with van der Waals surface area (Å²) in [6.45, 7) is 2.24. The molecule has 3 N–H and O–H groups in total. The molecule has 0 radical (unpaired) electrons. The van der Waals surface area contributed by atoms with Gasteiger partial charge in [-0.2, -0.15) is 0 Å². The first-order valence-electron chi connectivity index (χ1n) is 4.48. The lowest BCUT2D eigenvalue weighted by molar-refractivity contribution is 0.930. The van der Waals surface area contributed by atoms with Gasteiger partial charge in [-0.1, -0.05) is 22.9 Å². The van der Waals surface area contributed by atoms with Gasteiger partial charge in [0.2, 0.25) is 0 Å². The molecule has 0 aromatic heterocycles. The molecule has 1 aliphatic carbocycles. The van der Waals surface area contributed by atoms with Crippen molar-refractivity contribution >= 4 is 27.3 Å². The van der Waals surface area contributed by atoms with Crippen molar-refractivity contribution in [2.45, 2.75) is 19.4 Å². The molecule has 1 aromatic rings. The Kier molecular flexibility index (Phi) is 2.20. The van der Waals surface area contributed by atoms with Crippen molar-refractivity contribution in [1.82, 2.24) is 0 Å². The van der Waals surface area contributed by atoms with Crippen molar-refractivity contribution in [3.8, 4) is 0 Å². The molecule has 70 valence electrons. The average molecular weight is 241 g/mol. The van der Waals surface area contributed by atoms with E-state index >= 15 is 0 Å². The van der Waals surface area contributed by atoms with Crippen molar-refractivity contribution < 1.29 is 0 Å². The Balaban J connectivity index is 2.11. The van der Waals surface area contributed by atoms with E-state index in [1.807, 2.05) is 18.2 Å². The first-order chi connectivity index (χ1) is 6.16. The summed E-state index contributed by atoms with van der Waals surface area (Å²) in [7, 11) is 0. The predicted octanol–water partition coefficient (Wildman–Crippen LogP) is 2.85. The van der Waals surface area contributed by atoms with E-state index in [1.165, 1.54) is 6.42 Å². The minimum atomic E-state index is 0.628. The molecule has 1 fully saturated rings. The Hall–Kier alpha value is -0.700. The molecule has 0 heterocycles. The van der Waals surface area contributed by atoms with Gasteiger partial charge in [-0.15, -0.1) is 0 Å². The van der Waals surface area contributed by atoms with E-state index in [0.717, 1.165) is 21.8 Å². The average Bonchev–Trinajstić information content (AvgIpc) is 2.73. The fraction of sp³-hybridized carbons (Fsp3) is 0.400. The number of nitrogens with one attached hydrogen (secondary N) is 1. The summed E-state index contributed by atoms with van der Waals surface area (Å²) in [5.41, 5.74) is 7.72. The van der Waals surface area contributed by atoms with E-state index in [9.17, 15) is 0 Å². The second-order valence-corrected chi connectivity index (χ2v) is 4.61. The normalized spacial score (nSPS) is 25.7. The van der Waals surface area contributed by atoms with Gasteiger partial charge < -0.3 is 11.1 Å². The molecule has 0 amide bonds. The second-order valence-electron chi connectivity index (χ2n) is 3.70. The van der Waals surface area contributed by atoms with Crippen LogP contribution >= 0.6 is 15.9 Å². The largest absolute Gasteiger partial charge is 0.397 e. The van der Waals surface area contributed by atoms with Gasteiger partial charge in [-0.3, -0.25) is 0 Å². The van der Waals surface area contributed by atoms with E-state index in [1.54, 1.807) is 0 Å². The van der Waals surface area contributed by atoms with Crippen LogP contribution in [0.4, 0.5) is 11.4 Å². The lowest BCUT2D eigenvalue weighted by Gasteiger charge is -2.08. The van der Waals surface area contributed by atoms with Crippen molar-refractivity contribution in [3.05, 3.63) is 22.7 Å². The molecule has 2 unspecified atom stereocenters. The van der Waals surface area contributed by atoms with Gasteiger partial charge >= 0.3 is 0 Å². The Morgan fingerprint density at radius 2 is 2.23 bits per heavy atom. The zero-order chi connectivity index (χ0) is 9.42. The summed E-state index contributed by atoms with van der Waals surface area (Å²) in [5, 5.41) is 3.42. The number of nitrogens with two attached hydrogens (primary N) is 1. The topological polar surface area (TPSA) is 38.0 Å². The Morgan fingerprint density at radius 1 is 1.54 bits per heavy atom. The summed E-state index contributed by atoms with van der Waals surface area (Å²) in [5.74, 6) is 0.794. The van der Waals surface area contributed by atoms with Crippen molar-refractivity contribution in [2.75, 3.05) is 11.1 Å². The molecule has 0 saturated heterocycles. The third-order valence-corrected chi connectivity index (χ3v) is 2.96. The van der Waals surface area contributed by atoms with Crippen LogP contribution in [0, 0.1) is 5.92 Å². The minimum absolute atomic E-state index is 0.628. The number of halogens is 1. The Bertz CT molecular complexity index is 325. The summed E-state index contributed by atoms with van der Waals surface area (Å²) >= 11 is 3.38. The van der Waals surface area contributed by atoms with E-state index in [4.69, 9.17) is 5.73 Å². The maximum Gasteiger partial charge on any atom is 0.0576 e. The van der Waals surface area contributed by atoms with Gasteiger partial charge in [0.1, 0.15) is 0 Å². The number of hydrogen-bond donors (Lipinski definition) is 2. The van der Waals surface area contributed by atoms with Gasteiger partial charge in [0, 0.05) is 10.5 Å². The van der Waals surface area contributed by atoms with E-state index in [2.05, 4.69) is 28.2 Å². The number of hydrogen-bond acceptors (Lipinski definition) is 2. The summed E-state index contributed by atoms with van der Waals surface area (Å²) < 4.78 is 1.03. The van der Waals surface area contributed by atoms with Crippen LogP contribution in [0.25, 0.3) is 0 Å². The lowest BCUT2D eigenvalue weighted by Crippen LogP contribution is -2.05. The van der Waals surface area contributed by atoms with Crippen LogP contribution in [0.15, 0.2) is 22.7 Å². The van der Waals surface area contributed by atoms with Crippen molar-refractivity contribution in [2.24, 2.45) is 5.92 Å².